The van der Waals surface area contributed by atoms with Gasteiger partial charge in [0.1, 0.15) is 5.75 Å². The molecule has 0 spiro atoms. The van der Waals surface area contributed by atoms with Gasteiger partial charge >= 0.3 is 0 Å². The summed E-state index contributed by atoms with van der Waals surface area (Å²) >= 11 is 0. The summed E-state index contributed by atoms with van der Waals surface area (Å²) in [6.45, 7) is 2.89. The summed E-state index contributed by atoms with van der Waals surface area (Å²) in [5.41, 5.74) is 1.03. The first kappa shape index (κ1) is 16.9. The Kier molecular flexibility index (Phi) is 5.45. The van der Waals surface area contributed by atoms with Gasteiger partial charge in [-0.15, -0.1) is 0 Å². The number of nitrogens with zero attached hydrogens (tertiary/aromatic N) is 1. The summed E-state index contributed by atoms with van der Waals surface area (Å²) in [4.78, 5) is 14.4. The van der Waals surface area contributed by atoms with Crippen LogP contribution in [0.1, 0.15) is 31.2 Å². The number of likely N-dealkylation sites (tertiary alicyclic amines) is 1. The first-order valence-electron chi connectivity index (χ1n) is 8.65. The molecule has 0 aliphatic carbocycles. The fourth-order valence-corrected chi connectivity index (χ4v) is 3.41. The quantitative estimate of drug-likeness (QED) is 0.912. The van der Waals surface area contributed by atoms with Crippen LogP contribution in [-0.2, 0) is 11.3 Å². The lowest BCUT2D eigenvalue weighted by atomic mass is 10.00. The van der Waals surface area contributed by atoms with Crippen molar-refractivity contribution in [3.63, 3.8) is 0 Å². The van der Waals surface area contributed by atoms with Crippen molar-refractivity contribution >= 4 is 5.91 Å². The summed E-state index contributed by atoms with van der Waals surface area (Å²) < 4.78 is 17.1. The van der Waals surface area contributed by atoms with Gasteiger partial charge in [0.2, 0.25) is 5.91 Å². The number of benzene rings is 1. The smallest absolute Gasteiger partial charge is 0.237 e. The number of nitrogens with one attached hydrogen (secondary N) is 1. The van der Waals surface area contributed by atoms with Crippen LogP contribution in [0.4, 0.5) is 0 Å². The second-order valence-corrected chi connectivity index (χ2v) is 6.26. The number of rotatable bonds is 4. The molecule has 1 aromatic carbocycles. The number of methoxy groups -OCH3 is 1. The Morgan fingerprint density at radius 3 is 2.71 bits per heavy atom. The number of amides is 1. The zero-order chi connectivity index (χ0) is 16.9. The van der Waals surface area contributed by atoms with Gasteiger partial charge in [0.25, 0.3) is 0 Å². The number of carbonyl (C=O) groups is 1. The summed E-state index contributed by atoms with van der Waals surface area (Å²) in [5, 5.41) is 2.78. The van der Waals surface area contributed by atoms with E-state index in [0.717, 1.165) is 55.0 Å². The van der Waals surface area contributed by atoms with Crippen LogP contribution in [0.2, 0.25) is 0 Å². The summed E-state index contributed by atoms with van der Waals surface area (Å²) in [7, 11) is 3.36. The van der Waals surface area contributed by atoms with Crippen molar-refractivity contribution in [1.82, 2.24) is 10.2 Å². The van der Waals surface area contributed by atoms with Crippen molar-refractivity contribution in [3.05, 3.63) is 17.7 Å². The minimum absolute atomic E-state index is 0.0792. The topological polar surface area (TPSA) is 60.0 Å². The Labute approximate surface area is 143 Å². The molecule has 1 N–H and O–H groups in total. The molecule has 6 nitrogen and oxygen atoms in total. The van der Waals surface area contributed by atoms with E-state index in [-0.39, 0.29) is 11.9 Å². The normalized spacial score (nSPS) is 21.0. The summed E-state index contributed by atoms with van der Waals surface area (Å²) in [5.74, 6) is 2.36. The summed E-state index contributed by atoms with van der Waals surface area (Å²) in [6.07, 6.45) is 3.97. The van der Waals surface area contributed by atoms with Crippen LogP contribution in [0.3, 0.4) is 0 Å². The molecule has 0 radical (unpaired) electrons. The lowest BCUT2D eigenvalue weighted by Crippen LogP contribution is -2.48. The molecule has 2 aliphatic heterocycles. The molecule has 6 heteroatoms. The van der Waals surface area contributed by atoms with E-state index in [4.69, 9.17) is 14.2 Å². The first-order chi connectivity index (χ1) is 11.7. The molecule has 1 fully saturated rings. The van der Waals surface area contributed by atoms with Crippen molar-refractivity contribution in [2.75, 3.05) is 33.9 Å². The molecule has 2 aliphatic rings. The van der Waals surface area contributed by atoms with Crippen LogP contribution in [-0.4, -0.2) is 50.8 Å². The molecule has 1 saturated heterocycles. The lowest BCUT2D eigenvalue weighted by molar-refractivity contribution is -0.127. The van der Waals surface area contributed by atoms with E-state index in [1.54, 1.807) is 14.2 Å². The molecule has 0 unspecified atom stereocenters. The van der Waals surface area contributed by atoms with Gasteiger partial charge in [-0.1, -0.05) is 6.42 Å². The molecule has 2 heterocycles. The highest BCUT2D eigenvalue weighted by molar-refractivity contribution is 5.81. The largest absolute Gasteiger partial charge is 0.496 e. The predicted octanol–water partition coefficient (Wildman–Crippen LogP) is 1.96. The fraction of sp³-hybridized carbons (Fsp3) is 0.611. The van der Waals surface area contributed by atoms with Crippen LogP contribution in [0.5, 0.6) is 17.2 Å². The highest BCUT2D eigenvalue weighted by Crippen LogP contribution is 2.37. The van der Waals surface area contributed by atoms with Crippen molar-refractivity contribution in [2.24, 2.45) is 0 Å². The Hall–Kier alpha value is -1.95. The molecule has 1 atom stereocenters. The first-order valence-corrected chi connectivity index (χ1v) is 8.65. The second-order valence-electron chi connectivity index (χ2n) is 6.26. The van der Waals surface area contributed by atoms with Crippen LogP contribution < -0.4 is 19.5 Å². The third-order valence-electron chi connectivity index (χ3n) is 4.69. The van der Waals surface area contributed by atoms with Gasteiger partial charge in [-0.25, -0.2) is 0 Å². The van der Waals surface area contributed by atoms with Crippen molar-refractivity contribution in [3.8, 4) is 17.2 Å². The van der Waals surface area contributed by atoms with E-state index in [9.17, 15) is 4.79 Å². The van der Waals surface area contributed by atoms with Crippen molar-refractivity contribution in [1.29, 1.82) is 0 Å². The molecule has 3 rings (SSSR count). The molecule has 1 amide bonds. The number of piperidine rings is 1. The van der Waals surface area contributed by atoms with Crippen LogP contribution in [0.25, 0.3) is 0 Å². The SMILES string of the molecule is CNC(=O)[C@@H]1CCCCN1Cc1cc2c(cc1OC)OCCCO2. The van der Waals surface area contributed by atoms with Crippen LogP contribution >= 0.6 is 0 Å². The van der Waals surface area contributed by atoms with E-state index in [1.165, 1.54) is 0 Å². The van der Waals surface area contributed by atoms with Crippen molar-refractivity contribution < 1.29 is 19.0 Å². The van der Waals surface area contributed by atoms with Gasteiger partial charge in [0, 0.05) is 31.6 Å². The van der Waals surface area contributed by atoms with Crippen molar-refractivity contribution in [2.45, 2.75) is 38.3 Å². The van der Waals surface area contributed by atoms with E-state index in [2.05, 4.69) is 10.2 Å². The highest BCUT2D eigenvalue weighted by Gasteiger charge is 2.29. The maximum absolute atomic E-state index is 12.2. The fourth-order valence-electron chi connectivity index (χ4n) is 3.41. The third-order valence-corrected chi connectivity index (χ3v) is 4.69. The minimum atomic E-state index is -0.0792. The average Bonchev–Trinajstić information content (AvgIpc) is 2.85. The highest BCUT2D eigenvalue weighted by atomic mass is 16.5. The van der Waals surface area contributed by atoms with E-state index < -0.39 is 0 Å². The molecule has 0 saturated carbocycles. The van der Waals surface area contributed by atoms with Gasteiger partial charge in [-0.3, -0.25) is 9.69 Å². The number of fused-ring (bicyclic) bond motifs is 1. The third kappa shape index (κ3) is 3.59. The number of hydrogen-bond donors (Lipinski definition) is 1. The van der Waals surface area contributed by atoms with Gasteiger partial charge in [0.15, 0.2) is 11.5 Å². The van der Waals surface area contributed by atoms with Gasteiger partial charge in [-0.2, -0.15) is 0 Å². The Balaban J connectivity index is 1.85. The van der Waals surface area contributed by atoms with Gasteiger partial charge in [-0.05, 0) is 25.5 Å². The predicted molar refractivity (Wildman–Crippen MR) is 90.7 cm³/mol. The number of ether oxygens (including phenoxy) is 3. The average molecular weight is 334 g/mol. The Morgan fingerprint density at radius 1 is 1.25 bits per heavy atom. The summed E-state index contributed by atoms with van der Waals surface area (Å²) in [6, 6.07) is 3.81. The molecule has 1 aromatic rings. The Bertz CT molecular complexity index is 591. The van der Waals surface area contributed by atoms with E-state index in [0.29, 0.717) is 19.8 Å². The lowest BCUT2D eigenvalue weighted by Gasteiger charge is -2.34. The molecule has 0 aromatic heterocycles. The second kappa shape index (κ2) is 7.75. The van der Waals surface area contributed by atoms with E-state index in [1.807, 2.05) is 12.1 Å². The number of carbonyl (C=O) groups excluding carboxylic acids is 1. The minimum Gasteiger partial charge on any atom is -0.496 e. The maximum Gasteiger partial charge on any atom is 0.237 e. The van der Waals surface area contributed by atoms with Gasteiger partial charge < -0.3 is 19.5 Å². The van der Waals surface area contributed by atoms with Crippen LogP contribution in [0, 0.1) is 0 Å². The maximum atomic E-state index is 12.2. The van der Waals surface area contributed by atoms with Crippen LogP contribution in [0.15, 0.2) is 12.1 Å². The molecule has 0 bridgehead atoms. The molecular weight excluding hydrogens is 308 g/mol. The molecule has 24 heavy (non-hydrogen) atoms. The zero-order valence-corrected chi connectivity index (χ0v) is 14.5. The molecule has 132 valence electrons. The standard InChI is InChI=1S/C18H26N2O4/c1-19-18(21)14-6-3-4-7-20(14)12-13-10-16-17(11-15(13)22-2)24-9-5-8-23-16/h10-11,14H,3-9,12H2,1-2H3,(H,19,21)/t14-/m0/s1. The molecular formula is C18H26N2O4. The Morgan fingerprint density at radius 2 is 2.00 bits per heavy atom. The van der Waals surface area contributed by atoms with Gasteiger partial charge in [0.05, 0.1) is 26.4 Å². The number of likely N-dealkylation sites (N-methyl/N-ethyl adjacent to an activating group) is 1. The number of hydrogen-bond acceptors (Lipinski definition) is 5. The van der Waals surface area contributed by atoms with E-state index >= 15 is 0 Å². The zero-order valence-electron chi connectivity index (χ0n) is 14.5. The monoisotopic (exact) mass is 334 g/mol.